The number of thiophene rings is 2. The molecule has 0 bridgehead atoms. The summed E-state index contributed by atoms with van der Waals surface area (Å²) in [7, 11) is 7.09. The maximum absolute atomic E-state index is 13.3. The highest BCUT2D eigenvalue weighted by molar-refractivity contribution is 7.16. The Kier molecular flexibility index (Phi) is 13.5. The van der Waals surface area contributed by atoms with Crippen molar-refractivity contribution in [1.82, 2.24) is 44.8 Å². The molecule has 1 fully saturated rings. The van der Waals surface area contributed by atoms with Crippen molar-refractivity contribution in [1.29, 1.82) is 0 Å². The van der Waals surface area contributed by atoms with Gasteiger partial charge in [-0.25, -0.2) is 19.9 Å². The van der Waals surface area contributed by atoms with Crippen LogP contribution in [0.2, 0.25) is 0 Å². The van der Waals surface area contributed by atoms with Gasteiger partial charge in [-0.1, -0.05) is 24.3 Å². The zero-order valence-electron chi connectivity index (χ0n) is 37.6. The minimum Gasteiger partial charge on any atom is -0.493 e. The van der Waals surface area contributed by atoms with Crippen LogP contribution in [0.5, 0.6) is 11.5 Å². The summed E-state index contributed by atoms with van der Waals surface area (Å²) < 4.78 is 18.1. The first-order valence-corrected chi connectivity index (χ1v) is 23.0. The van der Waals surface area contributed by atoms with Crippen molar-refractivity contribution in [3.05, 3.63) is 105 Å². The van der Waals surface area contributed by atoms with E-state index in [0.717, 1.165) is 89.5 Å². The molecule has 0 radical (unpaired) electrons. The topological polar surface area (TPSA) is 157 Å². The number of benzene rings is 2. The molecule has 2 aliphatic rings. The average Bonchev–Trinajstić information content (AvgIpc) is 4.10. The Balaban J connectivity index is 0.000000175. The first-order valence-electron chi connectivity index (χ1n) is 21.3. The number of carbonyl (C=O) groups excluding carboxylic acids is 1. The Hall–Kier alpha value is -5.98. The number of morpholine rings is 1. The number of amides is 1. The van der Waals surface area contributed by atoms with Crippen molar-refractivity contribution in [2.45, 2.75) is 45.8 Å². The summed E-state index contributed by atoms with van der Waals surface area (Å²) in [4.78, 5) is 39.2. The molecule has 0 aliphatic carbocycles. The maximum Gasteiger partial charge on any atom is 0.255 e. The molecular weight excluding hydrogens is 847 g/mol. The van der Waals surface area contributed by atoms with Gasteiger partial charge in [-0.3, -0.25) is 14.4 Å². The van der Waals surface area contributed by atoms with Gasteiger partial charge in [0.2, 0.25) is 5.95 Å². The van der Waals surface area contributed by atoms with Gasteiger partial charge in [0.15, 0.2) is 11.5 Å². The lowest BCUT2D eigenvalue weighted by Crippen LogP contribution is -2.46. The number of nitrogens with zero attached hydrogens (tertiary/aromatic N) is 8. The van der Waals surface area contributed by atoms with Gasteiger partial charge in [0.05, 0.1) is 66.9 Å². The minimum atomic E-state index is -0.343. The minimum absolute atomic E-state index is 0.0795. The van der Waals surface area contributed by atoms with Crippen LogP contribution in [0, 0.1) is 6.92 Å². The molecular formula is C47H55N11O4S2. The number of hydrogen-bond donors (Lipinski definition) is 3. The summed E-state index contributed by atoms with van der Waals surface area (Å²) in [5.41, 5.74) is 5.85. The number of hydrogen-bond acceptors (Lipinski definition) is 15. The predicted molar refractivity (Wildman–Crippen MR) is 255 cm³/mol. The third-order valence-electron chi connectivity index (χ3n) is 11.6. The summed E-state index contributed by atoms with van der Waals surface area (Å²) in [6, 6.07) is 20.4. The number of ether oxygens (including phenoxy) is 3. The molecule has 7 aromatic rings. The molecule has 64 heavy (non-hydrogen) atoms. The molecule has 1 atom stereocenters. The number of aromatic nitrogens is 6. The smallest absolute Gasteiger partial charge is 0.255 e. The second-order valence-electron chi connectivity index (χ2n) is 16.2. The fraction of sp³-hybridized carbons (Fsp3) is 0.362. The quantitative estimate of drug-likeness (QED) is 0.0960. The molecule has 334 valence electrons. The van der Waals surface area contributed by atoms with Gasteiger partial charge in [0.1, 0.15) is 17.5 Å². The summed E-state index contributed by atoms with van der Waals surface area (Å²) in [6.45, 7) is 14.1. The highest BCUT2D eigenvalue weighted by atomic mass is 32.1. The fourth-order valence-corrected chi connectivity index (χ4v) is 10.2. The van der Waals surface area contributed by atoms with Crippen LogP contribution in [-0.2, 0) is 23.9 Å². The van der Waals surface area contributed by atoms with Gasteiger partial charge < -0.3 is 35.1 Å². The van der Waals surface area contributed by atoms with E-state index in [9.17, 15) is 4.79 Å². The van der Waals surface area contributed by atoms with E-state index in [1.54, 1.807) is 54.0 Å². The Bertz CT molecular complexity index is 2740. The number of fused-ring (bicyclic) bond motifs is 2. The molecule has 1 amide bonds. The number of rotatable bonds is 14. The molecule has 9 rings (SSSR count). The lowest BCUT2D eigenvalue weighted by atomic mass is 10.0. The van der Waals surface area contributed by atoms with Gasteiger partial charge >= 0.3 is 0 Å². The first kappa shape index (κ1) is 44.6. The average molecular weight is 902 g/mol. The van der Waals surface area contributed by atoms with Gasteiger partial charge in [-0.15, -0.1) is 22.7 Å². The maximum atomic E-state index is 13.3. The highest BCUT2D eigenvalue weighted by Gasteiger charge is 2.45. The predicted octanol–water partition coefficient (Wildman–Crippen LogP) is 8.28. The second kappa shape index (κ2) is 19.4. The lowest BCUT2D eigenvalue weighted by Gasteiger charge is -2.35. The normalized spacial score (nSPS) is 15.1. The molecule has 5 aromatic heterocycles. The molecule has 2 aliphatic heterocycles. The number of nitrogens with one attached hydrogen (secondary N) is 3. The molecule has 7 heterocycles. The third-order valence-corrected chi connectivity index (χ3v) is 14.1. The SMILES string of the molecule is CNCc1ccccc1-c1csc(C(C)Nc2nc(C)nc3cc(OC)c(OC)cc23)c1.Cn1nccc1Nc1nccc(-c2cc3c(s2)C(C)(C)N(CCN2CCOCC2)C3=O)n1. The van der Waals surface area contributed by atoms with E-state index in [1.807, 2.05) is 56.3 Å². The van der Waals surface area contributed by atoms with E-state index in [0.29, 0.717) is 23.3 Å². The summed E-state index contributed by atoms with van der Waals surface area (Å²) in [5, 5.41) is 17.3. The number of carbonyl (C=O) groups is 1. The third kappa shape index (κ3) is 9.44. The first-order chi connectivity index (χ1) is 31.0. The molecule has 15 nitrogen and oxygen atoms in total. The van der Waals surface area contributed by atoms with Crippen LogP contribution in [0.3, 0.4) is 0 Å². The molecule has 3 N–H and O–H groups in total. The molecule has 17 heteroatoms. The van der Waals surface area contributed by atoms with Gasteiger partial charge in [0.25, 0.3) is 5.91 Å². The van der Waals surface area contributed by atoms with Crippen LogP contribution in [-0.4, -0.2) is 106 Å². The van der Waals surface area contributed by atoms with Crippen LogP contribution < -0.4 is 25.4 Å². The van der Waals surface area contributed by atoms with Gasteiger partial charge in [-0.2, -0.15) is 5.10 Å². The number of aryl methyl sites for hydroxylation is 2. The van der Waals surface area contributed by atoms with Crippen molar-refractivity contribution in [3.8, 4) is 33.2 Å². The number of anilines is 3. The van der Waals surface area contributed by atoms with Crippen molar-refractivity contribution in [2.75, 3.05) is 71.3 Å². The van der Waals surface area contributed by atoms with E-state index in [1.165, 1.54) is 21.6 Å². The van der Waals surface area contributed by atoms with Crippen molar-refractivity contribution < 1.29 is 19.0 Å². The summed E-state index contributed by atoms with van der Waals surface area (Å²) in [6.07, 6.45) is 3.45. The van der Waals surface area contributed by atoms with Crippen molar-refractivity contribution in [3.63, 3.8) is 0 Å². The largest absolute Gasteiger partial charge is 0.493 e. The van der Waals surface area contributed by atoms with Crippen LogP contribution in [0.25, 0.3) is 32.6 Å². The Morgan fingerprint density at radius 3 is 2.45 bits per heavy atom. The monoisotopic (exact) mass is 901 g/mol. The lowest BCUT2D eigenvalue weighted by molar-refractivity contribution is 0.0263. The second-order valence-corrected chi connectivity index (χ2v) is 18.2. The van der Waals surface area contributed by atoms with Crippen LogP contribution in [0.15, 0.2) is 78.4 Å². The van der Waals surface area contributed by atoms with E-state index in [-0.39, 0.29) is 17.5 Å². The Morgan fingerprint density at radius 2 is 1.72 bits per heavy atom. The van der Waals surface area contributed by atoms with Crippen LogP contribution >= 0.6 is 22.7 Å². The van der Waals surface area contributed by atoms with Gasteiger partial charge in [0, 0.05) is 73.2 Å². The zero-order chi connectivity index (χ0) is 45.0. The molecule has 0 spiro atoms. The molecule has 1 unspecified atom stereocenters. The standard InChI is InChI=1S/C25H28N4O2S.C22H27N7O2S/c1-15(24-10-18(14-32-24)19-9-7-6-8-17(19)13-26-3)27-25-20-11-22(30-4)23(31-5)12-21(20)28-16(2)29-25;1-22(2)19-15(20(30)29(22)9-8-28-10-12-31-13-11-28)14-17(32-19)16-4-6-23-21(25-16)26-18-5-7-24-27(18)3/h6-12,14-15,26H,13H2,1-5H3,(H,27,28,29);4-7,14H,8-13H2,1-3H3,(H,23,25,26). The molecule has 1 saturated heterocycles. The van der Waals surface area contributed by atoms with E-state index >= 15 is 0 Å². The van der Waals surface area contributed by atoms with Crippen molar-refractivity contribution in [2.24, 2.45) is 7.05 Å². The van der Waals surface area contributed by atoms with E-state index < -0.39 is 0 Å². The fourth-order valence-electron chi connectivity index (χ4n) is 8.09. The molecule has 2 aromatic carbocycles. The van der Waals surface area contributed by atoms with Crippen LogP contribution in [0.4, 0.5) is 17.6 Å². The number of methoxy groups -OCH3 is 2. The summed E-state index contributed by atoms with van der Waals surface area (Å²) >= 11 is 3.39. The van der Waals surface area contributed by atoms with Crippen molar-refractivity contribution >= 4 is 57.1 Å². The van der Waals surface area contributed by atoms with Crippen LogP contribution in [0.1, 0.15) is 58.3 Å². The summed E-state index contributed by atoms with van der Waals surface area (Å²) in [5.74, 6) is 4.20. The van der Waals surface area contributed by atoms with E-state index in [2.05, 4.69) is 102 Å². The highest BCUT2D eigenvalue weighted by Crippen LogP contribution is 2.46. The molecule has 0 saturated carbocycles. The van der Waals surface area contributed by atoms with E-state index in [4.69, 9.17) is 14.2 Å². The van der Waals surface area contributed by atoms with Gasteiger partial charge in [-0.05, 0) is 81.1 Å². The Labute approximate surface area is 381 Å². The Morgan fingerprint density at radius 1 is 0.938 bits per heavy atom. The zero-order valence-corrected chi connectivity index (χ0v) is 39.2.